The van der Waals surface area contributed by atoms with Gasteiger partial charge in [-0.3, -0.25) is 19.3 Å². The van der Waals surface area contributed by atoms with E-state index in [1.165, 1.54) is 36.4 Å². The van der Waals surface area contributed by atoms with Crippen LogP contribution in [0.15, 0.2) is 53.4 Å². The van der Waals surface area contributed by atoms with Crippen LogP contribution in [-0.4, -0.2) is 70.5 Å². The van der Waals surface area contributed by atoms with Crippen LogP contribution in [0.5, 0.6) is 0 Å². The van der Waals surface area contributed by atoms with Crippen molar-refractivity contribution in [1.82, 2.24) is 14.7 Å². The number of hydroxylamine groups is 2. The molecule has 2 amide bonds. The van der Waals surface area contributed by atoms with E-state index in [1.807, 2.05) is 43.3 Å². The van der Waals surface area contributed by atoms with Crippen LogP contribution >= 0.6 is 11.6 Å². The number of nitrogens with one attached hydrogen (secondary N) is 1. The number of nitrogens with zero attached hydrogens (tertiary/aromatic N) is 3. The molecule has 0 aromatic heterocycles. The van der Waals surface area contributed by atoms with Crippen LogP contribution in [0.2, 0.25) is 5.02 Å². The average molecular weight is 493 g/mol. The number of hydrogen-bond donors (Lipinski definition) is 1. The Morgan fingerprint density at radius 1 is 1.03 bits per heavy atom. The molecule has 2 aromatic carbocycles. The SMILES string of the molecule is CN1C(=O)[C@@H]2ON(CCNS(=O)(=O)c3ccc(Cl)cc3)C(c3ccc(N(C)C)cc3)[C@@H]2C1=O. The molecule has 3 atom stereocenters. The minimum absolute atomic E-state index is 0.0227. The smallest absolute Gasteiger partial charge is 0.261 e. The fourth-order valence-corrected chi connectivity index (χ4v) is 5.28. The van der Waals surface area contributed by atoms with E-state index in [2.05, 4.69) is 4.72 Å². The molecule has 2 heterocycles. The van der Waals surface area contributed by atoms with Crippen LogP contribution in [-0.2, 0) is 24.4 Å². The number of hydrogen-bond acceptors (Lipinski definition) is 7. The first-order valence-corrected chi connectivity index (χ1v) is 12.2. The van der Waals surface area contributed by atoms with Gasteiger partial charge in [0.15, 0.2) is 6.10 Å². The lowest BCUT2D eigenvalue weighted by Crippen LogP contribution is -2.38. The number of amides is 2. The minimum Gasteiger partial charge on any atom is -0.378 e. The Balaban J connectivity index is 1.54. The zero-order chi connectivity index (χ0) is 23.9. The van der Waals surface area contributed by atoms with Crippen LogP contribution in [0.3, 0.4) is 0 Å². The largest absolute Gasteiger partial charge is 0.378 e. The fourth-order valence-electron chi connectivity index (χ4n) is 4.13. The highest BCUT2D eigenvalue weighted by atomic mass is 35.5. The van der Waals surface area contributed by atoms with Crippen molar-refractivity contribution < 1.29 is 22.8 Å². The summed E-state index contributed by atoms with van der Waals surface area (Å²) in [5.41, 5.74) is 1.80. The van der Waals surface area contributed by atoms with Crippen LogP contribution in [0, 0.1) is 5.92 Å². The molecule has 2 aliphatic rings. The quantitative estimate of drug-likeness (QED) is 0.587. The number of rotatable bonds is 7. The summed E-state index contributed by atoms with van der Waals surface area (Å²) in [6.45, 7) is 0.166. The summed E-state index contributed by atoms with van der Waals surface area (Å²) in [5, 5.41) is 1.97. The third-order valence-corrected chi connectivity index (χ3v) is 7.64. The van der Waals surface area contributed by atoms with Gasteiger partial charge in [0.2, 0.25) is 15.9 Å². The standard InChI is InChI=1S/C22H25ClN4O5S/c1-25(2)16-8-4-14(5-9-16)19-18-20(22(29)26(3)21(18)28)32-27(19)13-12-24-33(30,31)17-10-6-15(23)7-11-17/h4-11,18-20,24H,12-13H2,1-3H3/t18-,19?,20+/m0/s1. The first-order chi connectivity index (χ1) is 15.6. The summed E-state index contributed by atoms with van der Waals surface area (Å²) in [4.78, 5) is 34.4. The molecule has 0 saturated carbocycles. The maximum atomic E-state index is 12.8. The van der Waals surface area contributed by atoms with Crippen LogP contribution < -0.4 is 9.62 Å². The molecule has 11 heteroatoms. The Labute approximate surface area is 197 Å². The van der Waals surface area contributed by atoms with E-state index in [1.54, 1.807) is 0 Å². The highest BCUT2D eigenvalue weighted by Crippen LogP contribution is 2.44. The lowest BCUT2D eigenvalue weighted by molar-refractivity contribution is -0.177. The molecule has 0 spiro atoms. The van der Waals surface area contributed by atoms with E-state index in [0.29, 0.717) is 5.02 Å². The number of halogens is 1. The molecule has 1 N–H and O–H groups in total. The molecule has 176 valence electrons. The average Bonchev–Trinajstić information content (AvgIpc) is 3.25. The van der Waals surface area contributed by atoms with E-state index >= 15 is 0 Å². The third-order valence-electron chi connectivity index (χ3n) is 5.91. The van der Waals surface area contributed by atoms with Crippen molar-refractivity contribution >= 4 is 39.1 Å². The summed E-state index contributed by atoms with van der Waals surface area (Å²) in [7, 11) is 1.55. The Kier molecular flexibility index (Phi) is 6.47. The second-order valence-electron chi connectivity index (χ2n) is 8.21. The number of likely N-dealkylation sites (tertiary alicyclic amines) is 1. The van der Waals surface area contributed by atoms with Gasteiger partial charge < -0.3 is 4.90 Å². The Bertz CT molecular complexity index is 1150. The van der Waals surface area contributed by atoms with Gasteiger partial charge in [0.25, 0.3) is 5.91 Å². The van der Waals surface area contributed by atoms with Gasteiger partial charge in [-0.05, 0) is 42.0 Å². The molecule has 0 aliphatic carbocycles. The molecule has 4 rings (SSSR count). The van der Waals surface area contributed by atoms with Gasteiger partial charge in [-0.25, -0.2) is 13.1 Å². The molecular weight excluding hydrogens is 468 g/mol. The van der Waals surface area contributed by atoms with E-state index in [0.717, 1.165) is 16.2 Å². The number of carbonyl (C=O) groups excluding carboxylic acids is 2. The van der Waals surface area contributed by atoms with Gasteiger partial charge in [-0.1, -0.05) is 23.7 Å². The molecule has 2 saturated heterocycles. The van der Waals surface area contributed by atoms with E-state index in [4.69, 9.17) is 16.4 Å². The second kappa shape index (κ2) is 9.03. The molecule has 33 heavy (non-hydrogen) atoms. The number of carbonyl (C=O) groups is 2. The normalized spacial score (nSPS) is 23.3. The second-order valence-corrected chi connectivity index (χ2v) is 10.4. The van der Waals surface area contributed by atoms with Crippen molar-refractivity contribution in [1.29, 1.82) is 0 Å². The number of likely N-dealkylation sites (N-methyl/N-ethyl adjacent to an activating group) is 1. The maximum Gasteiger partial charge on any atom is 0.261 e. The lowest BCUT2D eigenvalue weighted by atomic mass is 9.90. The predicted octanol–water partition coefficient (Wildman–Crippen LogP) is 1.66. The van der Waals surface area contributed by atoms with E-state index in [-0.39, 0.29) is 23.9 Å². The molecule has 2 aliphatic heterocycles. The van der Waals surface area contributed by atoms with E-state index in [9.17, 15) is 18.0 Å². The highest BCUT2D eigenvalue weighted by Gasteiger charge is 2.58. The van der Waals surface area contributed by atoms with Crippen LogP contribution in [0.4, 0.5) is 5.69 Å². The number of imide groups is 1. The van der Waals surface area contributed by atoms with Crippen molar-refractivity contribution in [3.8, 4) is 0 Å². The van der Waals surface area contributed by atoms with E-state index < -0.39 is 34.0 Å². The molecule has 2 fully saturated rings. The van der Waals surface area contributed by atoms with Crippen molar-refractivity contribution in [2.45, 2.75) is 17.0 Å². The molecule has 0 radical (unpaired) electrons. The van der Waals surface area contributed by atoms with Gasteiger partial charge in [0.05, 0.1) is 16.9 Å². The summed E-state index contributed by atoms with van der Waals surface area (Å²) in [5.74, 6) is -1.40. The zero-order valence-electron chi connectivity index (χ0n) is 18.4. The maximum absolute atomic E-state index is 12.8. The predicted molar refractivity (Wildman–Crippen MR) is 123 cm³/mol. The number of fused-ring (bicyclic) bond motifs is 1. The molecule has 1 unspecified atom stereocenters. The van der Waals surface area contributed by atoms with Crippen molar-refractivity contribution in [2.75, 3.05) is 39.1 Å². The summed E-state index contributed by atoms with van der Waals surface area (Å²) >= 11 is 5.83. The van der Waals surface area contributed by atoms with Gasteiger partial charge in [0, 0.05) is 44.9 Å². The Morgan fingerprint density at radius 3 is 2.27 bits per heavy atom. The molecule has 2 aromatic rings. The van der Waals surface area contributed by atoms with Gasteiger partial charge in [0.1, 0.15) is 0 Å². The monoisotopic (exact) mass is 492 g/mol. The van der Waals surface area contributed by atoms with Crippen LogP contribution in [0.25, 0.3) is 0 Å². The number of benzene rings is 2. The topological polar surface area (TPSA) is 99.3 Å². The minimum atomic E-state index is -3.75. The highest BCUT2D eigenvalue weighted by molar-refractivity contribution is 7.89. The first-order valence-electron chi connectivity index (χ1n) is 10.4. The van der Waals surface area contributed by atoms with Gasteiger partial charge in [-0.15, -0.1) is 0 Å². The van der Waals surface area contributed by atoms with Crippen LogP contribution in [0.1, 0.15) is 11.6 Å². The first kappa shape index (κ1) is 23.7. The number of sulfonamides is 1. The van der Waals surface area contributed by atoms with Crippen molar-refractivity contribution in [3.63, 3.8) is 0 Å². The Morgan fingerprint density at radius 2 is 1.67 bits per heavy atom. The summed E-state index contributed by atoms with van der Waals surface area (Å²) in [6, 6.07) is 13.0. The van der Waals surface area contributed by atoms with Crippen molar-refractivity contribution in [2.24, 2.45) is 5.92 Å². The van der Waals surface area contributed by atoms with Gasteiger partial charge >= 0.3 is 0 Å². The zero-order valence-corrected chi connectivity index (χ0v) is 20.0. The van der Waals surface area contributed by atoms with Gasteiger partial charge in [-0.2, -0.15) is 5.06 Å². The summed E-state index contributed by atoms with van der Waals surface area (Å²) in [6.07, 6.45) is -0.922. The Hall–Kier alpha value is -2.50. The number of anilines is 1. The summed E-state index contributed by atoms with van der Waals surface area (Å²) < 4.78 is 27.7. The lowest BCUT2D eigenvalue weighted by Gasteiger charge is -2.27. The fraction of sp³-hybridized carbons (Fsp3) is 0.364. The molecular formula is C22H25ClN4O5S. The third kappa shape index (κ3) is 4.49. The van der Waals surface area contributed by atoms with Crippen molar-refractivity contribution in [3.05, 3.63) is 59.1 Å². The molecule has 0 bridgehead atoms. The molecule has 9 nitrogen and oxygen atoms in total.